The van der Waals surface area contributed by atoms with E-state index in [9.17, 15) is 0 Å². The van der Waals surface area contributed by atoms with E-state index in [4.69, 9.17) is 0 Å². The van der Waals surface area contributed by atoms with Crippen LogP contribution < -0.4 is 0 Å². The highest BCUT2D eigenvalue weighted by atomic mass is 79.9. The third-order valence-electron chi connectivity index (χ3n) is 9.56. The average Bonchev–Trinajstić information content (AvgIpc) is 2.76. The molecule has 4 fully saturated rings. The van der Waals surface area contributed by atoms with Gasteiger partial charge >= 0.3 is 0 Å². The molecule has 0 spiro atoms. The van der Waals surface area contributed by atoms with E-state index in [0.717, 1.165) is 45.2 Å². The molecule has 0 radical (unpaired) electrons. The molecule has 0 bridgehead atoms. The minimum absolute atomic E-state index is 0.568. The topological polar surface area (TPSA) is 0 Å². The number of hydrogen-bond donors (Lipinski definition) is 0. The molecule has 24 heavy (non-hydrogen) atoms. The minimum Gasteiger partial charge on any atom is -0.0890 e. The second-order valence-electron chi connectivity index (χ2n) is 10.4. The summed E-state index contributed by atoms with van der Waals surface area (Å²) in [6.07, 6.45) is 11.7. The Morgan fingerprint density at radius 1 is 0.917 bits per heavy atom. The molecule has 0 aromatic heterocycles. The molecule has 0 aromatic carbocycles. The Hall–Kier alpha value is 0.960. The Bertz CT molecular complexity index is 490. The van der Waals surface area contributed by atoms with Gasteiger partial charge in [0.2, 0.25) is 0 Å². The third kappa shape index (κ3) is 2.47. The minimum atomic E-state index is 0.568. The van der Waals surface area contributed by atoms with Gasteiger partial charge in [-0.1, -0.05) is 66.0 Å². The molecule has 4 aliphatic carbocycles. The second kappa shape index (κ2) is 6.25. The Kier molecular flexibility index (Phi) is 4.77. The van der Waals surface area contributed by atoms with Gasteiger partial charge in [0.25, 0.3) is 0 Å². The molecular formula is C22H36Br2. The highest BCUT2D eigenvalue weighted by molar-refractivity contribution is 9.10. The van der Waals surface area contributed by atoms with Crippen molar-refractivity contribution in [3.63, 3.8) is 0 Å². The fourth-order valence-electron chi connectivity index (χ4n) is 8.69. The molecule has 0 aliphatic heterocycles. The molecule has 0 N–H and O–H groups in total. The molecular weight excluding hydrogens is 424 g/mol. The Balaban J connectivity index is 1.65. The summed E-state index contributed by atoms with van der Waals surface area (Å²) in [6.45, 7) is 10.4. The molecule has 4 saturated carbocycles. The van der Waals surface area contributed by atoms with Crippen molar-refractivity contribution in [3.05, 3.63) is 0 Å². The first-order valence-corrected chi connectivity index (χ1v) is 12.4. The van der Waals surface area contributed by atoms with Crippen LogP contribution in [0.15, 0.2) is 0 Å². The van der Waals surface area contributed by atoms with E-state index < -0.39 is 0 Å². The number of halogens is 2. The Labute approximate surface area is 166 Å². The SMILES string of the molecule is CC[C@H]1[C@H](C)C[C@H]2[C@@H]3CCC4C(Br)CC(Br)C[C@]4(C)[C@H]3CC[C@@]21C. The summed E-state index contributed by atoms with van der Waals surface area (Å²) in [6, 6.07) is 0. The van der Waals surface area contributed by atoms with Gasteiger partial charge in [-0.05, 0) is 91.3 Å². The zero-order valence-electron chi connectivity index (χ0n) is 16.0. The monoisotopic (exact) mass is 458 g/mol. The molecule has 0 heterocycles. The van der Waals surface area contributed by atoms with Crippen molar-refractivity contribution in [2.24, 2.45) is 46.3 Å². The first kappa shape index (κ1) is 18.3. The van der Waals surface area contributed by atoms with Gasteiger partial charge in [0.1, 0.15) is 0 Å². The van der Waals surface area contributed by atoms with Crippen LogP contribution in [-0.4, -0.2) is 9.65 Å². The van der Waals surface area contributed by atoms with Gasteiger partial charge in [-0.15, -0.1) is 0 Å². The molecule has 2 heteroatoms. The molecule has 4 rings (SSSR count). The molecule has 10 atom stereocenters. The quantitative estimate of drug-likeness (QED) is 0.357. The summed E-state index contributed by atoms with van der Waals surface area (Å²) < 4.78 is 0. The largest absolute Gasteiger partial charge is 0.0890 e. The predicted molar refractivity (Wildman–Crippen MR) is 111 cm³/mol. The summed E-state index contributed by atoms with van der Waals surface area (Å²) in [5.41, 5.74) is 1.22. The van der Waals surface area contributed by atoms with Gasteiger partial charge in [-0.3, -0.25) is 0 Å². The first-order valence-electron chi connectivity index (χ1n) is 10.6. The number of rotatable bonds is 1. The van der Waals surface area contributed by atoms with Crippen molar-refractivity contribution in [2.75, 3.05) is 0 Å². The maximum Gasteiger partial charge on any atom is 0.0190 e. The maximum atomic E-state index is 4.09. The van der Waals surface area contributed by atoms with Crippen LogP contribution in [0.2, 0.25) is 0 Å². The van der Waals surface area contributed by atoms with Crippen LogP contribution >= 0.6 is 31.9 Å². The molecule has 0 amide bonds. The highest BCUT2D eigenvalue weighted by Gasteiger charge is 2.62. The zero-order chi connectivity index (χ0) is 17.3. The molecule has 138 valence electrons. The fourth-order valence-corrected chi connectivity index (χ4v) is 11.6. The van der Waals surface area contributed by atoms with Gasteiger partial charge in [-0.25, -0.2) is 0 Å². The number of fused-ring (bicyclic) bond motifs is 5. The van der Waals surface area contributed by atoms with Crippen molar-refractivity contribution < 1.29 is 0 Å². The van der Waals surface area contributed by atoms with Gasteiger partial charge in [0.15, 0.2) is 0 Å². The molecule has 4 aliphatic rings. The lowest BCUT2D eigenvalue weighted by Crippen LogP contribution is -2.56. The van der Waals surface area contributed by atoms with Gasteiger partial charge in [0.05, 0.1) is 0 Å². The van der Waals surface area contributed by atoms with Gasteiger partial charge < -0.3 is 0 Å². The van der Waals surface area contributed by atoms with Crippen LogP contribution in [0.5, 0.6) is 0 Å². The van der Waals surface area contributed by atoms with Crippen molar-refractivity contribution in [2.45, 2.75) is 88.7 Å². The summed E-state index contributed by atoms with van der Waals surface area (Å²) in [5.74, 6) is 5.86. The van der Waals surface area contributed by atoms with E-state index in [0.29, 0.717) is 10.8 Å². The number of alkyl halides is 2. The van der Waals surface area contributed by atoms with Gasteiger partial charge in [0, 0.05) is 9.65 Å². The van der Waals surface area contributed by atoms with Gasteiger partial charge in [-0.2, -0.15) is 0 Å². The molecule has 0 aromatic rings. The van der Waals surface area contributed by atoms with Crippen LogP contribution in [0.1, 0.15) is 79.1 Å². The average molecular weight is 460 g/mol. The van der Waals surface area contributed by atoms with Crippen molar-refractivity contribution in [1.29, 1.82) is 0 Å². The molecule has 3 unspecified atom stereocenters. The lowest BCUT2D eigenvalue weighted by Gasteiger charge is -2.62. The van der Waals surface area contributed by atoms with E-state index in [2.05, 4.69) is 59.6 Å². The lowest BCUT2D eigenvalue weighted by molar-refractivity contribution is -0.107. The standard InChI is InChI=1S/C22H36Br2/c1-5-16-13(2)10-19-15-6-7-18-20(24)11-14(23)12-22(18,4)17(15)8-9-21(16,19)3/h13-20H,5-12H2,1-4H3/t13-,14?,15-,16+,17+,18?,19+,20?,21-,22-/m1/s1. The van der Waals surface area contributed by atoms with Crippen LogP contribution in [-0.2, 0) is 0 Å². The Morgan fingerprint density at radius 2 is 1.67 bits per heavy atom. The van der Waals surface area contributed by atoms with Crippen LogP contribution in [0.25, 0.3) is 0 Å². The van der Waals surface area contributed by atoms with E-state index in [-0.39, 0.29) is 0 Å². The summed E-state index contributed by atoms with van der Waals surface area (Å²) in [7, 11) is 0. The zero-order valence-corrected chi connectivity index (χ0v) is 19.2. The van der Waals surface area contributed by atoms with E-state index in [1.165, 1.54) is 51.4 Å². The van der Waals surface area contributed by atoms with Crippen molar-refractivity contribution in [1.82, 2.24) is 0 Å². The highest BCUT2D eigenvalue weighted by Crippen LogP contribution is 2.69. The number of hydrogen-bond acceptors (Lipinski definition) is 0. The van der Waals surface area contributed by atoms with E-state index >= 15 is 0 Å². The van der Waals surface area contributed by atoms with E-state index in [1.54, 1.807) is 0 Å². The summed E-state index contributed by atoms with van der Waals surface area (Å²) >= 11 is 8.10. The smallest absolute Gasteiger partial charge is 0.0190 e. The molecule has 0 saturated heterocycles. The Morgan fingerprint density at radius 3 is 2.38 bits per heavy atom. The second-order valence-corrected chi connectivity index (χ2v) is 12.9. The normalized spacial score (nSPS) is 60.2. The lowest BCUT2D eigenvalue weighted by atomic mass is 9.45. The van der Waals surface area contributed by atoms with Crippen molar-refractivity contribution >= 4 is 31.9 Å². The van der Waals surface area contributed by atoms with Crippen LogP contribution in [0.3, 0.4) is 0 Å². The summed E-state index contributed by atoms with van der Waals surface area (Å²) in [4.78, 5) is 1.46. The van der Waals surface area contributed by atoms with E-state index in [1.807, 2.05) is 0 Å². The summed E-state index contributed by atoms with van der Waals surface area (Å²) in [5, 5.41) is 0. The molecule has 0 nitrogen and oxygen atoms in total. The van der Waals surface area contributed by atoms with Crippen LogP contribution in [0.4, 0.5) is 0 Å². The maximum absolute atomic E-state index is 4.09. The van der Waals surface area contributed by atoms with Crippen molar-refractivity contribution in [3.8, 4) is 0 Å². The predicted octanol–water partition coefficient (Wildman–Crippen LogP) is 7.44. The first-order chi connectivity index (χ1) is 11.3. The van der Waals surface area contributed by atoms with Crippen LogP contribution in [0, 0.1) is 46.3 Å². The third-order valence-corrected chi connectivity index (χ3v) is 11.3. The fraction of sp³-hybridized carbons (Fsp3) is 1.00.